The van der Waals surface area contributed by atoms with E-state index in [2.05, 4.69) is 225 Å². The van der Waals surface area contributed by atoms with Crippen molar-refractivity contribution in [2.24, 2.45) is 0 Å². The summed E-state index contributed by atoms with van der Waals surface area (Å²) in [5, 5.41) is 5.98. The van der Waals surface area contributed by atoms with E-state index in [-0.39, 0.29) is 0 Å². The summed E-state index contributed by atoms with van der Waals surface area (Å²) in [5.74, 6) is 0.672. The van der Waals surface area contributed by atoms with E-state index in [1.807, 2.05) is 12.3 Å². The predicted molar refractivity (Wildman–Crippen MR) is 288 cm³/mol. The number of aromatic nitrogens is 6. The fraction of sp³-hybridized carbons (Fsp3) is 0.0952. The Morgan fingerprint density at radius 3 is 1.17 bits per heavy atom. The van der Waals surface area contributed by atoms with E-state index in [1.165, 1.54) is 71.4 Å². The third kappa shape index (κ3) is 6.08. The molecule has 0 aliphatic heterocycles. The van der Waals surface area contributed by atoms with E-state index < -0.39 is 0 Å². The summed E-state index contributed by atoms with van der Waals surface area (Å²) >= 11 is 0. The molecule has 0 aliphatic rings. The Morgan fingerprint density at radius 2 is 0.710 bits per heavy atom. The lowest BCUT2D eigenvalue weighted by Crippen LogP contribution is -2.12. The molecule has 0 bridgehead atoms. The van der Waals surface area contributed by atoms with Crippen molar-refractivity contribution in [2.45, 2.75) is 41.5 Å². The van der Waals surface area contributed by atoms with Crippen molar-refractivity contribution in [1.29, 1.82) is 0 Å². The number of rotatable bonds is 6. The normalized spacial score (nSPS) is 11.9. The molecule has 8 aromatic carbocycles. The van der Waals surface area contributed by atoms with Crippen molar-refractivity contribution >= 4 is 65.5 Å². The van der Waals surface area contributed by atoms with Gasteiger partial charge in [-0.25, -0.2) is 9.97 Å². The van der Waals surface area contributed by atoms with E-state index in [4.69, 9.17) is 15.0 Å². The second-order valence-electron chi connectivity index (χ2n) is 18.7. The molecule has 0 spiro atoms. The van der Waals surface area contributed by atoms with Crippen LogP contribution in [0, 0.1) is 41.5 Å². The van der Waals surface area contributed by atoms with Crippen LogP contribution in [0.25, 0.3) is 117 Å². The summed E-state index contributed by atoms with van der Waals surface area (Å²) in [6.07, 6.45) is 1.96. The molecular weight excluding hydrogens is 841 g/mol. The highest BCUT2D eigenvalue weighted by atomic mass is 15.1. The summed E-state index contributed by atoms with van der Waals surface area (Å²) in [7, 11) is 0. The summed E-state index contributed by atoms with van der Waals surface area (Å²) < 4.78 is 7.67. The monoisotopic (exact) mass is 888 g/mol. The van der Waals surface area contributed by atoms with Gasteiger partial charge in [-0.1, -0.05) is 152 Å². The molecule has 0 saturated carbocycles. The zero-order valence-electron chi connectivity index (χ0n) is 39.5. The Balaban J connectivity index is 1.32. The molecular formula is C63H48N6. The van der Waals surface area contributed by atoms with Crippen molar-refractivity contribution in [3.05, 3.63) is 216 Å². The lowest BCUT2D eigenvalue weighted by Gasteiger charge is -2.25. The molecule has 5 heterocycles. The van der Waals surface area contributed by atoms with Crippen molar-refractivity contribution < 1.29 is 0 Å². The van der Waals surface area contributed by atoms with Crippen LogP contribution in [0.3, 0.4) is 0 Å². The van der Waals surface area contributed by atoms with Gasteiger partial charge in [-0.15, -0.1) is 0 Å². The van der Waals surface area contributed by atoms with Gasteiger partial charge in [0.15, 0.2) is 5.82 Å². The van der Waals surface area contributed by atoms with Crippen LogP contribution in [-0.2, 0) is 0 Å². The maximum atomic E-state index is 5.54. The van der Waals surface area contributed by atoms with Gasteiger partial charge in [0.05, 0.1) is 67.1 Å². The first-order valence-electron chi connectivity index (χ1n) is 23.8. The Hall–Kier alpha value is -8.61. The molecule has 0 saturated heterocycles. The fourth-order valence-electron chi connectivity index (χ4n) is 11.3. The molecule has 13 aromatic rings. The highest BCUT2D eigenvalue weighted by molar-refractivity contribution is 6.15. The van der Waals surface area contributed by atoms with Gasteiger partial charge < -0.3 is 13.7 Å². The Kier molecular flexibility index (Phi) is 9.12. The highest BCUT2D eigenvalue weighted by Gasteiger charge is 2.29. The van der Waals surface area contributed by atoms with Gasteiger partial charge >= 0.3 is 0 Å². The standard InChI is InChI=1S/C63H48N6/c1-37-18-13-27-46-47-28-14-19-38(2)57(47)67(56(37)46)53-34-45(52-36-51(43-23-9-7-10-24-43)65-63(66-52)44-25-11-8-12-26-44)35-54(68-58-39(3)20-15-29-48(58)49-30-16-21-40(4)59(49)68)62(53)69-60-41(5)22-17-31-50(60)55-61(69)42(6)32-33-64-55/h7-36H,1-6H3. The molecule has 0 N–H and O–H groups in total. The Morgan fingerprint density at radius 1 is 0.319 bits per heavy atom. The highest BCUT2D eigenvalue weighted by Crippen LogP contribution is 2.47. The molecule has 0 unspecified atom stereocenters. The van der Waals surface area contributed by atoms with Crippen LogP contribution in [0.1, 0.15) is 33.4 Å². The molecule has 13 rings (SSSR count). The van der Waals surface area contributed by atoms with Crippen LogP contribution >= 0.6 is 0 Å². The van der Waals surface area contributed by atoms with E-state index in [0.717, 1.165) is 72.6 Å². The van der Waals surface area contributed by atoms with Crippen LogP contribution in [0.5, 0.6) is 0 Å². The molecule has 0 atom stereocenters. The first-order valence-corrected chi connectivity index (χ1v) is 23.8. The summed E-state index contributed by atoms with van der Waals surface area (Å²) in [5.41, 5.74) is 22.8. The van der Waals surface area contributed by atoms with Gasteiger partial charge in [0, 0.05) is 49.8 Å². The molecule has 69 heavy (non-hydrogen) atoms. The zero-order chi connectivity index (χ0) is 46.7. The van der Waals surface area contributed by atoms with Crippen LogP contribution < -0.4 is 0 Å². The van der Waals surface area contributed by atoms with E-state index in [0.29, 0.717) is 5.82 Å². The number of nitrogens with zero attached hydrogens (tertiary/aromatic N) is 6. The molecule has 0 aliphatic carbocycles. The number of aryl methyl sites for hydroxylation is 6. The first-order chi connectivity index (χ1) is 33.7. The van der Waals surface area contributed by atoms with Crippen molar-refractivity contribution in [3.63, 3.8) is 0 Å². The number of para-hydroxylation sites is 5. The van der Waals surface area contributed by atoms with Crippen molar-refractivity contribution in [1.82, 2.24) is 28.7 Å². The van der Waals surface area contributed by atoms with E-state index >= 15 is 0 Å². The van der Waals surface area contributed by atoms with Gasteiger partial charge in [0.2, 0.25) is 0 Å². The van der Waals surface area contributed by atoms with Crippen molar-refractivity contribution in [3.8, 4) is 51.0 Å². The maximum absolute atomic E-state index is 5.54. The minimum absolute atomic E-state index is 0.672. The molecule has 6 nitrogen and oxygen atoms in total. The third-order valence-electron chi connectivity index (χ3n) is 14.4. The summed E-state index contributed by atoms with van der Waals surface area (Å²) in [6, 6.07) is 63.5. The van der Waals surface area contributed by atoms with Crippen LogP contribution in [0.2, 0.25) is 0 Å². The average molecular weight is 889 g/mol. The number of hydrogen-bond acceptors (Lipinski definition) is 3. The van der Waals surface area contributed by atoms with Crippen molar-refractivity contribution in [2.75, 3.05) is 0 Å². The quantitative estimate of drug-likeness (QED) is 0.167. The molecule has 330 valence electrons. The summed E-state index contributed by atoms with van der Waals surface area (Å²) in [6.45, 7) is 13.5. The SMILES string of the molecule is Cc1cccc2c3cccc(C)c3n(-c3cc(-c4cc(-c5ccccc5)nc(-c5ccccc5)n4)cc(-n4c5c(C)cccc5c5cccc(C)c54)c3-n3c4c(C)cccc4c4nccc(C)c43)c12. The van der Waals surface area contributed by atoms with Gasteiger partial charge in [0.1, 0.15) is 0 Å². The Labute approximate surface area is 400 Å². The lowest BCUT2D eigenvalue weighted by atomic mass is 10.0. The molecule has 0 amide bonds. The topological polar surface area (TPSA) is 53.5 Å². The minimum Gasteiger partial charge on any atom is -0.306 e. The van der Waals surface area contributed by atoms with Gasteiger partial charge in [-0.05, 0) is 99.2 Å². The number of pyridine rings is 1. The van der Waals surface area contributed by atoms with E-state index in [9.17, 15) is 0 Å². The zero-order valence-corrected chi connectivity index (χ0v) is 39.5. The van der Waals surface area contributed by atoms with Crippen LogP contribution in [0.4, 0.5) is 0 Å². The number of hydrogen-bond donors (Lipinski definition) is 0. The van der Waals surface area contributed by atoms with E-state index in [1.54, 1.807) is 0 Å². The molecule has 5 aromatic heterocycles. The average Bonchev–Trinajstić information content (AvgIpc) is 4.03. The first kappa shape index (κ1) is 40.6. The Bertz CT molecular complexity index is 3860. The number of benzene rings is 8. The predicted octanol–water partition coefficient (Wildman–Crippen LogP) is 16.0. The van der Waals surface area contributed by atoms with Gasteiger partial charge in [0.25, 0.3) is 0 Å². The molecule has 0 radical (unpaired) electrons. The smallest absolute Gasteiger partial charge is 0.160 e. The number of fused-ring (bicyclic) bond motifs is 9. The lowest BCUT2D eigenvalue weighted by molar-refractivity contribution is 1.04. The molecule has 6 heteroatoms. The fourth-order valence-corrected chi connectivity index (χ4v) is 11.3. The molecule has 0 fully saturated rings. The maximum Gasteiger partial charge on any atom is 0.160 e. The largest absolute Gasteiger partial charge is 0.306 e. The van der Waals surface area contributed by atoms with Crippen LogP contribution in [-0.4, -0.2) is 28.7 Å². The van der Waals surface area contributed by atoms with Gasteiger partial charge in [-0.3, -0.25) is 4.98 Å². The third-order valence-corrected chi connectivity index (χ3v) is 14.4. The summed E-state index contributed by atoms with van der Waals surface area (Å²) in [4.78, 5) is 16.0. The second kappa shape index (κ2) is 15.5. The second-order valence-corrected chi connectivity index (χ2v) is 18.7. The van der Waals surface area contributed by atoms with Crippen LogP contribution in [0.15, 0.2) is 182 Å². The minimum atomic E-state index is 0.672. The van der Waals surface area contributed by atoms with Gasteiger partial charge in [-0.2, -0.15) is 0 Å².